The summed E-state index contributed by atoms with van der Waals surface area (Å²) in [5.74, 6) is 0.383. The highest BCUT2D eigenvalue weighted by Crippen LogP contribution is 2.40. The van der Waals surface area contributed by atoms with Crippen molar-refractivity contribution >= 4 is 11.5 Å². The first-order valence-corrected chi connectivity index (χ1v) is 5.49. The first kappa shape index (κ1) is 10.6. The molecule has 2 aliphatic rings. The van der Waals surface area contributed by atoms with E-state index in [0.717, 1.165) is 6.20 Å². The maximum absolute atomic E-state index is 12.9. The lowest BCUT2D eigenvalue weighted by Crippen LogP contribution is -2.40. The van der Waals surface area contributed by atoms with Gasteiger partial charge in [0.2, 0.25) is 0 Å². The van der Waals surface area contributed by atoms with Crippen LogP contribution in [-0.2, 0) is 0 Å². The topological polar surface area (TPSA) is 61.3 Å². The Hall–Kier alpha value is -1.50. The van der Waals surface area contributed by atoms with Crippen molar-refractivity contribution in [2.45, 2.75) is 25.0 Å². The van der Waals surface area contributed by atoms with Crippen LogP contribution in [0.5, 0.6) is 0 Å². The molecule has 2 aliphatic heterocycles. The molecular formula is C10H12F2N4O. The second-order valence-electron chi connectivity index (χ2n) is 4.37. The molecular weight excluding hydrogens is 230 g/mol. The van der Waals surface area contributed by atoms with Crippen molar-refractivity contribution in [1.29, 1.82) is 0 Å². The summed E-state index contributed by atoms with van der Waals surface area (Å²) in [6.45, 7) is 0.982. The number of rotatable bonds is 1. The lowest BCUT2D eigenvalue weighted by molar-refractivity contribution is 0.151. The van der Waals surface area contributed by atoms with Gasteiger partial charge in [0.15, 0.2) is 5.82 Å². The molecule has 3 rings (SSSR count). The number of nitrogens with one attached hydrogen (secondary N) is 1. The molecule has 0 amide bonds. The third-order valence-electron chi connectivity index (χ3n) is 3.27. The molecule has 0 bridgehead atoms. The van der Waals surface area contributed by atoms with Gasteiger partial charge in [0.05, 0.1) is 23.6 Å². The predicted octanol–water partition coefficient (Wildman–Crippen LogP) is 0.779. The highest BCUT2D eigenvalue weighted by molar-refractivity contribution is 5.73. The average molecular weight is 242 g/mol. The predicted molar refractivity (Wildman–Crippen MR) is 57.2 cm³/mol. The SMILES string of the molecule is OC1CC2CNc3nncc(C(F)F)c3N2C1. The number of fused-ring (bicyclic) bond motifs is 3. The number of aliphatic hydroxyl groups is 1. The minimum atomic E-state index is -2.59. The second kappa shape index (κ2) is 3.76. The van der Waals surface area contributed by atoms with E-state index in [1.807, 2.05) is 4.90 Å². The van der Waals surface area contributed by atoms with Gasteiger partial charge < -0.3 is 15.3 Å². The molecule has 0 saturated carbocycles. The summed E-state index contributed by atoms with van der Waals surface area (Å²) >= 11 is 0. The third-order valence-corrected chi connectivity index (χ3v) is 3.27. The van der Waals surface area contributed by atoms with Crippen molar-refractivity contribution in [3.63, 3.8) is 0 Å². The van der Waals surface area contributed by atoms with Crippen LogP contribution in [0.3, 0.4) is 0 Å². The molecule has 1 fully saturated rings. The molecule has 0 spiro atoms. The molecule has 0 aromatic carbocycles. The molecule has 7 heteroatoms. The van der Waals surface area contributed by atoms with Crippen molar-refractivity contribution in [2.75, 3.05) is 23.3 Å². The van der Waals surface area contributed by atoms with E-state index < -0.39 is 12.5 Å². The standard InChI is InChI=1S/C10H12F2N4O/c11-9(12)7-3-14-15-10-8(7)16-4-6(17)1-5(16)2-13-10/h3,5-6,9,17H,1-2,4H2,(H,13,15). The van der Waals surface area contributed by atoms with Gasteiger partial charge >= 0.3 is 0 Å². The van der Waals surface area contributed by atoms with Crippen LogP contribution in [0.25, 0.3) is 0 Å². The largest absolute Gasteiger partial charge is 0.391 e. The number of aromatic nitrogens is 2. The Labute approximate surface area is 96.5 Å². The van der Waals surface area contributed by atoms with E-state index in [1.165, 1.54) is 0 Å². The molecule has 0 aliphatic carbocycles. The van der Waals surface area contributed by atoms with Crippen LogP contribution < -0.4 is 10.2 Å². The summed E-state index contributed by atoms with van der Waals surface area (Å²) < 4.78 is 25.8. The van der Waals surface area contributed by atoms with E-state index in [2.05, 4.69) is 15.5 Å². The molecule has 1 aromatic rings. The number of anilines is 2. The number of nitrogens with zero attached hydrogens (tertiary/aromatic N) is 3. The minimum Gasteiger partial charge on any atom is -0.391 e. The first-order chi connectivity index (χ1) is 8.16. The van der Waals surface area contributed by atoms with Crippen molar-refractivity contribution in [3.8, 4) is 0 Å². The molecule has 92 valence electrons. The first-order valence-electron chi connectivity index (χ1n) is 5.49. The number of alkyl halides is 2. The summed E-state index contributed by atoms with van der Waals surface area (Å²) in [6, 6.07) is 0.0548. The second-order valence-corrected chi connectivity index (χ2v) is 4.37. The van der Waals surface area contributed by atoms with Gasteiger partial charge in [-0.1, -0.05) is 0 Å². The van der Waals surface area contributed by atoms with E-state index in [1.54, 1.807) is 0 Å². The summed E-state index contributed by atoms with van der Waals surface area (Å²) in [5.41, 5.74) is 0.268. The zero-order chi connectivity index (χ0) is 12.0. The number of aliphatic hydroxyl groups excluding tert-OH is 1. The van der Waals surface area contributed by atoms with Crippen LogP contribution >= 0.6 is 0 Å². The third kappa shape index (κ3) is 1.61. The van der Waals surface area contributed by atoms with Crippen LogP contribution in [0.4, 0.5) is 20.3 Å². The van der Waals surface area contributed by atoms with Crippen molar-refractivity contribution in [2.24, 2.45) is 0 Å². The summed E-state index contributed by atoms with van der Waals surface area (Å²) in [4.78, 5) is 1.81. The fourth-order valence-corrected chi connectivity index (χ4v) is 2.55. The molecule has 2 atom stereocenters. The Morgan fingerprint density at radius 2 is 2.35 bits per heavy atom. The zero-order valence-electron chi connectivity index (χ0n) is 8.98. The molecule has 0 radical (unpaired) electrons. The smallest absolute Gasteiger partial charge is 0.267 e. The Morgan fingerprint density at radius 1 is 1.53 bits per heavy atom. The van der Waals surface area contributed by atoms with Gasteiger partial charge in [0, 0.05) is 19.1 Å². The van der Waals surface area contributed by atoms with Crippen LogP contribution in [0, 0.1) is 0 Å². The van der Waals surface area contributed by atoms with E-state index in [-0.39, 0.29) is 11.6 Å². The normalized spacial score (nSPS) is 26.7. The highest BCUT2D eigenvalue weighted by atomic mass is 19.3. The molecule has 1 saturated heterocycles. The lowest BCUT2D eigenvalue weighted by atomic mass is 10.1. The van der Waals surface area contributed by atoms with Crippen molar-refractivity contribution in [1.82, 2.24) is 10.2 Å². The van der Waals surface area contributed by atoms with Crippen LogP contribution in [0.2, 0.25) is 0 Å². The summed E-state index contributed by atoms with van der Waals surface area (Å²) in [6.07, 6.45) is -1.36. The van der Waals surface area contributed by atoms with Crippen molar-refractivity contribution < 1.29 is 13.9 Å². The van der Waals surface area contributed by atoms with Gasteiger partial charge in [-0.3, -0.25) is 0 Å². The van der Waals surface area contributed by atoms with Crippen molar-refractivity contribution in [3.05, 3.63) is 11.8 Å². The van der Waals surface area contributed by atoms with E-state index in [0.29, 0.717) is 31.0 Å². The van der Waals surface area contributed by atoms with E-state index in [4.69, 9.17) is 0 Å². The van der Waals surface area contributed by atoms with Gasteiger partial charge in [-0.05, 0) is 6.42 Å². The monoisotopic (exact) mass is 242 g/mol. The Morgan fingerprint density at radius 3 is 3.12 bits per heavy atom. The van der Waals surface area contributed by atoms with Crippen LogP contribution in [-0.4, -0.2) is 40.5 Å². The van der Waals surface area contributed by atoms with Crippen LogP contribution in [0.15, 0.2) is 6.20 Å². The Kier molecular flexibility index (Phi) is 2.36. The number of hydrogen-bond acceptors (Lipinski definition) is 5. The van der Waals surface area contributed by atoms with Crippen LogP contribution in [0.1, 0.15) is 18.4 Å². The van der Waals surface area contributed by atoms with E-state index in [9.17, 15) is 13.9 Å². The van der Waals surface area contributed by atoms with Gasteiger partial charge in [-0.15, -0.1) is 5.10 Å². The van der Waals surface area contributed by atoms with E-state index >= 15 is 0 Å². The fourth-order valence-electron chi connectivity index (χ4n) is 2.55. The molecule has 1 aromatic heterocycles. The van der Waals surface area contributed by atoms with Gasteiger partial charge in [0.25, 0.3) is 6.43 Å². The average Bonchev–Trinajstić information content (AvgIpc) is 2.68. The quantitative estimate of drug-likeness (QED) is 0.762. The minimum absolute atomic E-state index is 0.0548. The molecule has 2 N–H and O–H groups in total. The molecule has 2 unspecified atom stereocenters. The Bertz CT molecular complexity index is 442. The highest BCUT2D eigenvalue weighted by Gasteiger charge is 2.38. The molecule has 3 heterocycles. The summed E-state index contributed by atoms with van der Waals surface area (Å²) in [5, 5.41) is 20.0. The Balaban J connectivity index is 2.08. The number of hydrogen-bond donors (Lipinski definition) is 2. The maximum atomic E-state index is 12.9. The maximum Gasteiger partial charge on any atom is 0.267 e. The fraction of sp³-hybridized carbons (Fsp3) is 0.600. The molecule has 17 heavy (non-hydrogen) atoms. The lowest BCUT2D eigenvalue weighted by Gasteiger charge is -2.34. The van der Waals surface area contributed by atoms with Gasteiger partial charge in [0.1, 0.15) is 0 Å². The van der Waals surface area contributed by atoms with Gasteiger partial charge in [-0.2, -0.15) is 5.10 Å². The zero-order valence-corrected chi connectivity index (χ0v) is 8.98. The number of halogens is 2. The summed E-state index contributed by atoms with van der Waals surface area (Å²) in [7, 11) is 0. The molecule has 5 nitrogen and oxygen atoms in total. The van der Waals surface area contributed by atoms with Gasteiger partial charge in [-0.25, -0.2) is 8.78 Å².